The van der Waals surface area contributed by atoms with Gasteiger partial charge in [-0.15, -0.1) is 13.2 Å². The summed E-state index contributed by atoms with van der Waals surface area (Å²) in [6.07, 6.45) is -4.93. The molecule has 0 aliphatic heterocycles. The van der Waals surface area contributed by atoms with E-state index in [4.69, 9.17) is 10.5 Å². The van der Waals surface area contributed by atoms with Gasteiger partial charge < -0.3 is 15.2 Å². The SMILES string of the molecule is COc1ccc(OC(F)(F)F)cc1Cc1c(N)cccc1[N+](=O)[O-]. The van der Waals surface area contributed by atoms with Crippen LogP contribution in [0.5, 0.6) is 11.5 Å². The van der Waals surface area contributed by atoms with Crippen LogP contribution >= 0.6 is 0 Å². The molecule has 0 radical (unpaired) electrons. The molecule has 0 bridgehead atoms. The van der Waals surface area contributed by atoms with Crippen LogP contribution in [0.15, 0.2) is 36.4 Å². The van der Waals surface area contributed by atoms with E-state index in [1.54, 1.807) is 0 Å². The predicted octanol–water partition coefficient (Wildman–Crippen LogP) is 3.68. The van der Waals surface area contributed by atoms with Crippen LogP contribution in [-0.4, -0.2) is 18.4 Å². The highest BCUT2D eigenvalue weighted by molar-refractivity contribution is 5.60. The second kappa shape index (κ2) is 6.65. The summed E-state index contributed by atoms with van der Waals surface area (Å²) in [5.74, 6) is -0.183. The first kappa shape index (κ1) is 17.4. The van der Waals surface area contributed by atoms with Crippen LogP contribution in [0.4, 0.5) is 24.5 Å². The van der Waals surface area contributed by atoms with Gasteiger partial charge in [-0.25, -0.2) is 0 Å². The highest BCUT2D eigenvalue weighted by atomic mass is 19.4. The fourth-order valence-corrected chi connectivity index (χ4v) is 2.24. The first-order valence-electron chi connectivity index (χ1n) is 6.65. The summed E-state index contributed by atoms with van der Waals surface area (Å²) < 4.78 is 46.0. The molecule has 0 fully saturated rings. The largest absolute Gasteiger partial charge is 0.573 e. The Kier molecular flexibility index (Phi) is 4.82. The van der Waals surface area contributed by atoms with Crippen LogP contribution in [0.3, 0.4) is 0 Å². The quantitative estimate of drug-likeness (QED) is 0.509. The van der Waals surface area contributed by atoms with Gasteiger partial charge in [0.15, 0.2) is 0 Å². The lowest BCUT2D eigenvalue weighted by Crippen LogP contribution is -2.17. The Hall–Kier alpha value is -2.97. The maximum absolute atomic E-state index is 12.4. The van der Waals surface area contributed by atoms with Gasteiger partial charge in [0.25, 0.3) is 5.69 Å². The van der Waals surface area contributed by atoms with E-state index < -0.39 is 17.0 Å². The number of nitrogens with zero attached hydrogens (tertiary/aromatic N) is 1. The molecule has 2 aromatic rings. The molecule has 128 valence electrons. The molecular weight excluding hydrogens is 329 g/mol. The van der Waals surface area contributed by atoms with E-state index in [0.29, 0.717) is 0 Å². The van der Waals surface area contributed by atoms with Crippen molar-refractivity contribution in [1.82, 2.24) is 0 Å². The minimum Gasteiger partial charge on any atom is -0.496 e. The Labute approximate surface area is 134 Å². The van der Waals surface area contributed by atoms with Crippen LogP contribution in [0.1, 0.15) is 11.1 Å². The van der Waals surface area contributed by atoms with E-state index >= 15 is 0 Å². The van der Waals surface area contributed by atoms with Crippen LogP contribution in [0.2, 0.25) is 0 Å². The number of nitro groups is 1. The normalized spacial score (nSPS) is 11.2. The molecule has 0 saturated heterocycles. The lowest BCUT2D eigenvalue weighted by atomic mass is 10.0. The number of methoxy groups -OCH3 is 1. The second-order valence-corrected chi connectivity index (χ2v) is 4.80. The summed E-state index contributed by atoms with van der Waals surface area (Å²) in [5.41, 5.74) is 6.18. The molecule has 6 nitrogen and oxygen atoms in total. The van der Waals surface area contributed by atoms with Crippen LogP contribution < -0.4 is 15.2 Å². The van der Waals surface area contributed by atoms with Gasteiger partial charge in [0.05, 0.1) is 17.6 Å². The van der Waals surface area contributed by atoms with Crippen LogP contribution in [0.25, 0.3) is 0 Å². The van der Waals surface area contributed by atoms with E-state index in [9.17, 15) is 23.3 Å². The number of ether oxygens (including phenoxy) is 2. The molecule has 0 amide bonds. The Morgan fingerprint density at radius 3 is 2.54 bits per heavy atom. The Bertz CT molecular complexity index is 763. The van der Waals surface area contributed by atoms with Gasteiger partial charge in [-0.05, 0) is 24.3 Å². The number of alkyl halides is 3. The number of halogens is 3. The highest BCUT2D eigenvalue weighted by Gasteiger charge is 2.31. The number of hydrogen-bond acceptors (Lipinski definition) is 5. The van der Waals surface area contributed by atoms with E-state index in [2.05, 4.69) is 4.74 Å². The predicted molar refractivity (Wildman–Crippen MR) is 80.0 cm³/mol. The van der Waals surface area contributed by atoms with E-state index in [1.807, 2.05) is 0 Å². The summed E-state index contributed by atoms with van der Waals surface area (Å²) in [4.78, 5) is 10.5. The first-order chi connectivity index (χ1) is 11.2. The van der Waals surface area contributed by atoms with Gasteiger partial charge >= 0.3 is 6.36 Å². The average Bonchev–Trinajstić information content (AvgIpc) is 2.47. The van der Waals surface area contributed by atoms with Crippen molar-refractivity contribution in [2.45, 2.75) is 12.8 Å². The van der Waals surface area contributed by atoms with Crippen molar-refractivity contribution < 1.29 is 27.6 Å². The summed E-state index contributed by atoms with van der Waals surface area (Å²) >= 11 is 0. The van der Waals surface area contributed by atoms with Crippen molar-refractivity contribution in [3.8, 4) is 11.5 Å². The molecule has 0 aliphatic carbocycles. The van der Waals surface area contributed by atoms with Crippen LogP contribution in [0, 0.1) is 10.1 Å². The lowest BCUT2D eigenvalue weighted by Gasteiger charge is -2.14. The first-order valence-corrected chi connectivity index (χ1v) is 6.65. The summed E-state index contributed by atoms with van der Waals surface area (Å²) in [6.45, 7) is 0. The zero-order chi connectivity index (χ0) is 17.9. The van der Waals surface area contributed by atoms with Gasteiger partial charge in [0.1, 0.15) is 11.5 Å². The van der Waals surface area contributed by atoms with Gasteiger partial charge in [0.2, 0.25) is 0 Å². The van der Waals surface area contributed by atoms with Gasteiger partial charge in [-0.1, -0.05) is 6.07 Å². The van der Waals surface area contributed by atoms with Crippen molar-refractivity contribution >= 4 is 11.4 Å². The number of anilines is 1. The van der Waals surface area contributed by atoms with Crippen molar-refractivity contribution in [2.75, 3.05) is 12.8 Å². The number of nitrogens with two attached hydrogens (primary N) is 1. The molecule has 9 heteroatoms. The molecule has 0 atom stereocenters. The third-order valence-electron chi connectivity index (χ3n) is 3.24. The summed E-state index contributed by atoms with van der Waals surface area (Å²) in [5, 5.41) is 11.1. The standard InChI is InChI=1S/C15H13F3N2O4/c1-23-14-6-5-10(24-15(16,17)18)7-9(14)8-11-12(19)3-2-4-13(11)20(21)22/h2-7H,8,19H2,1H3. The van der Waals surface area contributed by atoms with Crippen molar-refractivity contribution in [1.29, 1.82) is 0 Å². The number of hydrogen-bond donors (Lipinski definition) is 1. The minimum absolute atomic E-state index is 0.0821. The Balaban J connectivity index is 2.45. The zero-order valence-corrected chi connectivity index (χ0v) is 12.5. The molecule has 0 aromatic heterocycles. The zero-order valence-electron chi connectivity index (χ0n) is 12.5. The molecule has 0 spiro atoms. The fraction of sp³-hybridized carbons (Fsp3) is 0.200. The molecule has 0 aliphatic rings. The van der Waals surface area contributed by atoms with Crippen molar-refractivity contribution in [3.63, 3.8) is 0 Å². The second-order valence-electron chi connectivity index (χ2n) is 4.80. The highest BCUT2D eigenvalue weighted by Crippen LogP contribution is 2.33. The molecule has 2 aromatic carbocycles. The molecule has 0 saturated carbocycles. The van der Waals surface area contributed by atoms with Crippen molar-refractivity contribution in [2.24, 2.45) is 0 Å². The summed E-state index contributed by atoms with van der Waals surface area (Å²) in [7, 11) is 1.34. The monoisotopic (exact) mass is 342 g/mol. The molecular formula is C15H13F3N2O4. The van der Waals surface area contributed by atoms with Crippen molar-refractivity contribution in [3.05, 3.63) is 57.6 Å². The molecule has 2 rings (SSSR count). The Morgan fingerprint density at radius 2 is 1.96 bits per heavy atom. The fourth-order valence-electron chi connectivity index (χ4n) is 2.24. The molecule has 2 N–H and O–H groups in total. The average molecular weight is 342 g/mol. The maximum atomic E-state index is 12.4. The van der Waals surface area contributed by atoms with E-state index in [1.165, 1.54) is 31.4 Å². The molecule has 0 unspecified atom stereocenters. The topological polar surface area (TPSA) is 87.6 Å². The van der Waals surface area contributed by atoms with Gasteiger partial charge in [0, 0.05) is 23.7 Å². The number of rotatable bonds is 5. The van der Waals surface area contributed by atoms with Crippen LogP contribution in [-0.2, 0) is 6.42 Å². The minimum atomic E-state index is -4.84. The number of benzene rings is 2. The third kappa shape index (κ3) is 4.06. The maximum Gasteiger partial charge on any atom is 0.573 e. The number of nitrogen functional groups attached to an aromatic ring is 1. The van der Waals surface area contributed by atoms with Gasteiger partial charge in [-0.2, -0.15) is 0 Å². The summed E-state index contributed by atoms with van der Waals surface area (Å²) in [6, 6.07) is 7.68. The third-order valence-corrected chi connectivity index (χ3v) is 3.24. The van der Waals surface area contributed by atoms with E-state index in [-0.39, 0.29) is 34.7 Å². The molecule has 0 heterocycles. The molecule has 24 heavy (non-hydrogen) atoms. The lowest BCUT2D eigenvalue weighted by molar-refractivity contribution is -0.385. The van der Waals surface area contributed by atoms with E-state index in [0.717, 1.165) is 12.1 Å². The number of nitro benzene ring substituents is 1. The van der Waals surface area contributed by atoms with Gasteiger partial charge in [-0.3, -0.25) is 10.1 Å². The smallest absolute Gasteiger partial charge is 0.496 e. The Morgan fingerprint density at radius 1 is 1.25 bits per heavy atom.